The SMILES string of the molecule is COCCN(CCO)C(=O)c1sc(-c2ccc(C)o2)nc1C. The number of aliphatic hydroxyl groups excluding tert-OH is 1. The highest BCUT2D eigenvalue weighted by Gasteiger charge is 2.22. The van der Waals surface area contributed by atoms with Gasteiger partial charge in [0.2, 0.25) is 0 Å². The molecule has 1 amide bonds. The highest BCUT2D eigenvalue weighted by molar-refractivity contribution is 7.17. The molecule has 7 heteroatoms. The fourth-order valence-corrected chi connectivity index (χ4v) is 3.03. The summed E-state index contributed by atoms with van der Waals surface area (Å²) >= 11 is 1.30. The number of carbonyl (C=O) groups excluding carboxylic acids is 1. The summed E-state index contributed by atoms with van der Waals surface area (Å²) in [4.78, 5) is 19.2. The molecule has 0 radical (unpaired) electrons. The first-order valence-electron chi connectivity index (χ1n) is 7.00. The summed E-state index contributed by atoms with van der Waals surface area (Å²) in [6.45, 7) is 4.71. The van der Waals surface area contributed by atoms with Crippen molar-refractivity contribution in [1.29, 1.82) is 0 Å². The number of aryl methyl sites for hydroxylation is 2. The summed E-state index contributed by atoms with van der Waals surface area (Å²) in [5.41, 5.74) is 0.666. The second kappa shape index (κ2) is 7.53. The van der Waals surface area contributed by atoms with Gasteiger partial charge in [0.1, 0.15) is 10.6 Å². The molecule has 0 saturated carbocycles. The number of nitrogens with zero attached hydrogens (tertiary/aromatic N) is 2. The second-order valence-electron chi connectivity index (χ2n) is 4.85. The van der Waals surface area contributed by atoms with Gasteiger partial charge in [-0.15, -0.1) is 11.3 Å². The predicted octanol–water partition coefficient (Wildman–Crippen LogP) is 2.10. The number of methoxy groups -OCH3 is 1. The maximum Gasteiger partial charge on any atom is 0.266 e. The fraction of sp³-hybridized carbons (Fsp3) is 0.467. The quantitative estimate of drug-likeness (QED) is 0.844. The van der Waals surface area contributed by atoms with Crippen molar-refractivity contribution in [3.05, 3.63) is 28.5 Å². The lowest BCUT2D eigenvalue weighted by molar-refractivity contribution is 0.0660. The van der Waals surface area contributed by atoms with E-state index in [1.54, 1.807) is 18.9 Å². The third-order valence-corrected chi connectivity index (χ3v) is 4.32. The van der Waals surface area contributed by atoms with Crippen molar-refractivity contribution in [3.8, 4) is 10.8 Å². The lowest BCUT2D eigenvalue weighted by atomic mass is 10.3. The van der Waals surface area contributed by atoms with Crippen LogP contribution in [0, 0.1) is 13.8 Å². The minimum Gasteiger partial charge on any atom is -0.459 e. The molecule has 2 heterocycles. The van der Waals surface area contributed by atoms with Crippen LogP contribution in [0.15, 0.2) is 16.5 Å². The molecular weight excluding hydrogens is 304 g/mol. The Bertz CT molecular complexity index is 635. The molecular formula is C15H20N2O4S. The molecule has 2 aromatic rings. The van der Waals surface area contributed by atoms with E-state index in [1.165, 1.54) is 11.3 Å². The van der Waals surface area contributed by atoms with E-state index < -0.39 is 0 Å². The van der Waals surface area contributed by atoms with Gasteiger partial charge in [0, 0.05) is 20.2 Å². The van der Waals surface area contributed by atoms with Crippen LogP contribution in [-0.4, -0.2) is 54.3 Å². The molecule has 0 bridgehead atoms. The van der Waals surface area contributed by atoms with Gasteiger partial charge in [-0.05, 0) is 26.0 Å². The molecule has 22 heavy (non-hydrogen) atoms. The smallest absolute Gasteiger partial charge is 0.266 e. The Labute approximate surface area is 133 Å². The Hall–Kier alpha value is -1.70. The van der Waals surface area contributed by atoms with E-state index in [0.717, 1.165) is 5.76 Å². The van der Waals surface area contributed by atoms with Crippen molar-refractivity contribution in [1.82, 2.24) is 9.88 Å². The van der Waals surface area contributed by atoms with Gasteiger partial charge in [0.25, 0.3) is 5.91 Å². The van der Waals surface area contributed by atoms with Gasteiger partial charge in [-0.25, -0.2) is 4.98 Å². The molecule has 2 rings (SSSR count). The average molecular weight is 324 g/mol. The van der Waals surface area contributed by atoms with Gasteiger partial charge in [-0.2, -0.15) is 0 Å². The van der Waals surface area contributed by atoms with Crippen LogP contribution in [0.3, 0.4) is 0 Å². The van der Waals surface area contributed by atoms with Gasteiger partial charge >= 0.3 is 0 Å². The molecule has 0 aliphatic heterocycles. The van der Waals surface area contributed by atoms with Gasteiger partial charge in [0.15, 0.2) is 10.8 Å². The standard InChI is InChI=1S/C15H20N2O4S/c1-10-4-5-12(21-10)14-16-11(2)13(22-14)15(19)17(6-8-18)7-9-20-3/h4-5,18H,6-9H2,1-3H3. The van der Waals surface area contributed by atoms with E-state index in [2.05, 4.69) is 4.98 Å². The molecule has 6 nitrogen and oxygen atoms in total. The number of carbonyl (C=O) groups is 1. The summed E-state index contributed by atoms with van der Waals surface area (Å²) in [6, 6.07) is 3.71. The summed E-state index contributed by atoms with van der Waals surface area (Å²) in [5, 5.41) is 9.81. The maximum absolute atomic E-state index is 12.6. The van der Waals surface area contributed by atoms with Crippen molar-refractivity contribution in [2.24, 2.45) is 0 Å². The average Bonchev–Trinajstić information content (AvgIpc) is 3.08. The predicted molar refractivity (Wildman–Crippen MR) is 84.2 cm³/mol. The topological polar surface area (TPSA) is 75.8 Å². The van der Waals surface area contributed by atoms with Crippen molar-refractivity contribution < 1.29 is 19.1 Å². The van der Waals surface area contributed by atoms with E-state index >= 15 is 0 Å². The van der Waals surface area contributed by atoms with Crippen LogP contribution in [0.1, 0.15) is 21.1 Å². The van der Waals surface area contributed by atoms with Crippen LogP contribution in [0.25, 0.3) is 10.8 Å². The first-order chi connectivity index (χ1) is 10.6. The molecule has 0 spiro atoms. The zero-order valence-electron chi connectivity index (χ0n) is 13.0. The summed E-state index contributed by atoms with van der Waals surface area (Å²) in [5.74, 6) is 1.32. The number of aliphatic hydroxyl groups is 1. The molecule has 1 N–H and O–H groups in total. The van der Waals surface area contributed by atoms with Crippen LogP contribution in [0.2, 0.25) is 0 Å². The molecule has 0 unspecified atom stereocenters. The molecule has 120 valence electrons. The molecule has 0 aliphatic carbocycles. The Balaban J connectivity index is 2.23. The summed E-state index contributed by atoms with van der Waals surface area (Å²) < 4.78 is 10.6. The highest BCUT2D eigenvalue weighted by atomic mass is 32.1. The Kier molecular flexibility index (Phi) is 5.70. The number of hydrogen-bond donors (Lipinski definition) is 1. The number of hydrogen-bond acceptors (Lipinski definition) is 6. The van der Waals surface area contributed by atoms with Crippen LogP contribution in [-0.2, 0) is 4.74 Å². The number of furan rings is 1. The first kappa shape index (κ1) is 16.7. The van der Waals surface area contributed by atoms with Gasteiger partial charge in [-0.3, -0.25) is 4.79 Å². The Morgan fingerprint density at radius 1 is 1.41 bits per heavy atom. The normalized spacial score (nSPS) is 10.9. The van der Waals surface area contributed by atoms with E-state index in [1.807, 2.05) is 19.1 Å². The van der Waals surface area contributed by atoms with E-state index in [0.29, 0.717) is 34.5 Å². The monoisotopic (exact) mass is 324 g/mol. The molecule has 0 aromatic carbocycles. The van der Waals surface area contributed by atoms with Gasteiger partial charge < -0.3 is 19.2 Å². The summed E-state index contributed by atoms with van der Waals surface area (Å²) in [7, 11) is 1.58. The number of thiazole rings is 1. The summed E-state index contributed by atoms with van der Waals surface area (Å²) in [6.07, 6.45) is 0. The van der Waals surface area contributed by atoms with Crippen LogP contribution in [0.5, 0.6) is 0 Å². The van der Waals surface area contributed by atoms with Crippen molar-refractivity contribution in [3.63, 3.8) is 0 Å². The van der Waals surface area contributed by atoms with Crippen LogP contribution in [0.4, 0.5) is 0 Å². The van der Waals surface area contributed by atoms with Crippen LogP contribution < -0.4 is 0 Å². The third kappa shape index (κ3) is 3.73. The molecule has 0 aliphatic rings. The molecule has 0 fully saturated rings. The van der Waals surface area contributed by atoms with E-state index in [-0.39, 0.29) is 19.1 Å². The second-order valence-corrected chi connectivity index (χ2v) is 5.85. The minimum absolute atomic E-state index is 0.0858. The molecule has 2 aromatic heterocycles. The van der Waals surface area contributed by atoms with E-state index in [4.69, 9.17) is 14.3 Å². The van der Waals surface area contributed by atoms with Crippen molar-refractivity contribution in [2.75, 3.05) is 33.4 Å². The third-order valence-electron chi connectivity index (χ3n) is 3.16. The Morgan fingerprint density at radius 3 is 2.77 bits per heavy atom. The lowest BCUT2D eigenvalue weighted by Crippen LogP contribution is -2.36. The first-order valence-corrected chi connectivity index (χ1v) is 7.81. The minimum atomic E-state index is -0.143. The highest BCUT2D eigenvalue weighted by Crippen LogP contribution is 2.30. The fourth-order valence-electron chi connectivity index (χ4n) is 2.03. The number of ether oxygens (including phenoxy) is 1. The number of rotatable bonds is 7. The zero-order chi connectivity index (χ0) is 16.1. The van der Waals surface area contributed by atoms with E-state index in [9.17, 15) is 4.79 Å². The molecule has 0 atom stereocenters. The number of aromatic nitrogens is 1. The molecule has 0 saturated heterocycles. The number of amides is 1. The lowest BCUT2D eigenvalue weighted by Gasteiger charge is -2.20. The Morgan fingerprint density at radius 2 is 2.18 bits per heavy atom. The largest absolute Gasteiger partial charge is 0.459 e. The van der Waals surface area contributed by atoms with Crippen molar-refractivity contribution in [2.45, 2.75) is 13.8 Å². The van der Waals surface area contributed by atoms with Crippen LogP contribution >= 0.6 is 11.3 Å². The van der Waals surface area contributed by atoms with Gasteiger partial charge in [-0.1, -0.05) is 0 Å². The zero-order valence-corrected chi connectivity index (χ0v) is 13.8. The van der Waals surface area contributed by atoms with Crippen molar-refractivity contribution >= 4 is 17.2 Å². The van der Waals surface area contributed by atoms with Gasteiger partial charge in [0.05, 0.1) is 18.9 Å². The maximum atomic E-state index is 12.6.